The number of nitrogens with zero attached hydrogens (tertiary/aromatic N) is 7. The molecule has 39 heavy (non-hydrogen) atoms. The third-order valence-corrected chi connectivity index (χ3v) is 6.53. The molecule has 0 saturated carbocycles. The van der Waals surface area contributed by atoms with Crippen molar-refractivity contribution in [2.24, 2.45) is 0 Å². The molecular weight excluding hydrogens is 490 g/mol. The highest BCUT2D eigenvalue weighted by Crippen LogP contribution is 2.24. The van der Waals surface area contributed by atoms with Gasteiger partial charge in [-0.3, -0.25) is 14.3 Å². The SMILES string of the molecule is Cc1ccccc1-n1c(C)nc2c(OCc3nnn(Cc4ccc(-c5ccncc5)cc4)n3)cccc2c1=O. The van der Waals surface area contributed by atoms with E-state index >= 15 is 0 Å². The Hall–Kier alpha value is -5.18. The Morgan fingerprint density at radius 1 is 0.846 bits per heavy atom. The summed E-state index contributed by atoms with van der Waals surface area (Å²) in [6, 6.07) is 25.3. The van der Waals surface area contributed by atoms with Crippen molar-refractivity contribution >= 4 is 10.9 Å². The normalized spacial score (nSPS) is 11.1. The minimum absolute atomic E-state index is 0.0989. The smallest absolute Gasteiger partial charge is 0.266 e. The number of pyridine rings is 1. The molecule has 192 valence electrons. The van der Waals surface area contributed by atoms with Gasteiger partial charge < -0.3 is 4.74 Å². The second kappa shape index (κ2) is 10.3. The number of benzene rings is 3. The lowest BCUT2D eigenvalue weighted by atomic mass is 10.1. The molecule has 0 bridgehead atoms. The second-order valence-electron chi connectivity index (χ2n) is 9.20. The quantitative estimate of drug-likeness (QED) is 0.304. The van der Waals surface area contributed by atoms with Crippen LogP contribution in [-0.2, 0) is 13.2 Å². The van der Waals surface area contributed by atoms with Crippen molar-refractivity contribution in [3.05, 3.63) is 124 Å². The van der Waals surface area contributed by atoms with E-state index in [1.807, 2.05) is 62.4 Å². The van der Waals surface area contributed by atoms with Crippen LogP contribution in [0.2, 0.25) is 0 Å². The zero-order valence-corrected chi connectivity index (χ0v) is 21.5. The number of tetrazole rings is 1. The molecule has 6 rings (SSSR count). The zero-order chi connectivity index (χ0) is 26.8. The highest BCUT2D eigenvalue weighted by molar-refractivity contribution is 5.84. The van der Waals surface area contributed by atoms with Crippen LogP contribution in [0.15, 0.2) is 96.1 Å². The predicted molar refractivity (Wildman–Crippen MR) is 148 cm³/mol. The Labute approximate surface area is 224 Å². The first kappa shape index (κ1) is 24.2. The van der Waals surface area contributed by atoms with Gasteiger partial charge in [-0.1, -0.05) is 48.5 Å². The first-order valence-corrected chi connectivity index (χ1v) is 12.5. The molecule has 0 spiro atoms. The number of aryl methyl sites for hydroxylation is 2. The van der Waals surface area contributed by atoms with Gasteiger partial charge in [-0.15, -0.1) is 10.2 Å². The van der Waals surface area contributed by atoms with E-state index in [1.165, 1.54) is 4.80 Å². The number of aromatic nitrogens is 7. The maximum absolute atomic E-state index is 13.4. The van der Waals surface area contributed by atoms with Gasteiger partial charge >= 0.3 is 0 Å². The Balaban J connectivity index is 1.19. The molecule has 0 aliphatic carbocycles. The number of hydrogen-bond donors (Lipinski definition) is 0. The standard InChI is InChI=1S/C30H25N7O2/c1-20-6-3-4-8-26(20)37-21(2)32-29-25(30(37)38)7-5-9-27(29)39-19-28-33-35-36(34-28)18-22-10-12-23(13-11-22)24-14-16-31-17-15-24/h3-17H,18-19H2,1-2H3. The maximum atomic E-state index is 13.4. The van der Waals surface area contributed by atoms with E-state index in [-0.39, 0.29) is 12.2 Å². The van der Waals surface area contributed by atoms with Crippen molar-refractivity contribution < 1.29 is 4.74 Å². The summed E-state index contributed by atoms with van der Waals surface area (Å²) in [6.45, 7) is 4.38. The zero-order valence-electron chi connectivity index (χ0n) is 21.5. The van der Waals surface area contributed by atoms with Crippen LogP contribution < -0.4 is 10.3 Å². The summed E-state index contributed by atoms with van der Waals surface area (Å²) >= 11 is 0. The monoisotopic (exact) mass is 515 g/mol. The molecule has 3 aromatic heterocycles. The molecule has 3 heterocycles. The molecule has 6 aromatic rings. The lowest BCUT2D eigenvalue weighted by Gasteiger charge is -2.14. The number of fused-ring (bicyclic) bond motifs is 1. The van der Waals surface area contributed by atoms with Gasteiger partial charge in [0.1, 0.15) is 17.1 Å². The van der Waals surface area contributed by atoms with E-state index < -0.39 is 0 Å². The van der Waals surface area contributed by atoms with Gasteiger partial charge in [-0.25, -0.2) is 4.98 Å². The molecular formula is C30H25N7O2. The van der Waals surface area contributed by atoms with E-state index in [1.54, 1.807) is 35.2 Å². The van der Waals surface area contributed by atoms with Crippen LogP contribution in [0, 0.1) is 13.8 Å². The van der Waals surface area contributed by atoms with Crippen LogP contribution in [0.25, 0.3) is 27.7 Å². The average molecular weight is 516 g/mol. The Kier molecular flexibility index (Phi) is 6.38. The van der Waals surface area contributed by atoms with Crippen molar-refractivity contribution in [1.82, 2.24) is 34.7 Å². The number of para-hydroxylation sites is 2. The van der Waals surface area contributed by atoms with Crippen molar-refractivity contribution in [2.75, 3.05) is 0 Å². The average Bonchev–Trinajstić information content (AvgIpc) is 3.41. The molecule has 3 aromatic carbocycles. The van der Waals surface area contributed by atoms with Crippen LogP contribution in [0.1, 0.15) is 22.8 Å². The second-order valence-corrected chi connectivity index (χ2v) is 9.20. The topological polar surface area (TPSA) is 101 Å². The summed E-state index contributed by atoms with van der Waals surface area (Å²) in [5.74, 6) is 1.51. The van der Waals surface area contributed by atoms with E-state index in [2.05, 4.69) is 32.5 Å². The van der Waals surface area contributed by atoms with Crippen molar-refractivity contribution in [2.45, 2.75) is 27.0 Å². The minimum Gasteiger partial charge on any atom is -0.483 e. The maximum Gasteiger partial charge on any atom is 0.266 e. The summed E-state index contributed by atoms with van der Waals surface area (Å²) in [4.78, 5) is 23.8. The van der Waals surface area contributed by atoms with Gasteiger partial charge in [-0.2, -0.15) is 4.80 Å². The molecule has 9 heteroatoms. The number of hydrogen-bond acceptors (Lipinski definition) is 7. The molecule has 0 aliphatic heterocycles. The van der Waals surface area contributed by atoms with Crippen LogP contribution >= 0.6 is 0 Å². The van der Waals surface area contributed by atoms with E-state index in [0.29, 0.717) is 34.8 Å². The van der Waals surface area contributed by atoms with E-state index in [9.17, 15) is 4.79 Å². The Morgan fingerprint density at radius 3 is 2.41 bits per heavy atom. The first-order chi connectivity index (χ1) is 19.1. The fourth-order valence-electron chi connectivity index (χ4n) is 4.56. The Bertz CT molecular complexity index is 1830. The lowest BCUT2D eigenvalue weighted by molar-refractivity contribution is 0.298. The van der Waals surface area contributed by atoms with Gasteiger partial charge in [-0.05, 0) is 71.6 Å². The van der Waals surface area contributed by atoms with Crippen LogP contribution in [0.3, 0.4) is 0 Å². The van der Waals surface area contributed by atoms with Crippen molar-refractivity contribution in [3.63, 3.8) is 0 Å². The molecule has 0 N–H and O–H groups in total. The third-order valence-electron chi connectivity index (χ3n) is 6.53. The van der Waals surface area contributed by atoms with Gasteiger partial charge in [0.2, 0.25) is 5.82 Å². The number of ether oxygens (including phenoxy) is 1. The molecule has 9 nitrogen and oxygen atoms in total. The van der Waals surface area contributed by atoms with Crippen LogP contribution in [-0.4, -0.2) is 34.7 Å². The first-order valence-electron chi connectivity index (χ1n) is 12.5. The fourth-order valence-corrected chi connectivity index (χ4v) is 4.56. The van der Waals surface area contributed by atoms with E-state index in [0.717, 1.165) is 27.9 Å². The summed E-state index contributed by atoms with van der Waals surface area (Å²) in [5.41, 5.74) is 5.45. The molecule has 0 radical (unpaired) electrons. The largest absolute Gasteiger partial charge is 0.483 e. The molecule has 0 saturated heterocycles. The van der Waals surface area contributed by atoms with Gasteiger partial charge in [0.25, 0.3) is 5.56 Å². The molecule has 0 amide bonds. The number of rotatable bonds is 7. The Morgan fingerprint density at radius 2 is 1.62 bits per heavy atom. The molecule has 0 atom stereocenters. The van der Waals surface area contributed by atoms with Crippen LogP contribution in [0.4, 0.5) is 0 Å². The van der Waals surface area contributed by atoms with Gasteiger partial charge in [0.05, 0.1) is 17.6 Å². The summed E-state index contributed by atoms with van der Waals surface area (Å²) in [7, 11) is 0. The van der Waals surface area contributed by atoms with Gasteiger partial charge in [0, 0.05) is 12.4 Å². The third kappa shape index (κ3) is 4.89. The molecule has 0 aliphatic rings. The minimum atomic E-state index is -0.142. The van der Waals surface area contributed by atoms with Gasteiger partial charge in [0.15, 0.2) is 6.61 Å². The van der Waals surface area contributed by atoms with Crippen molar-refractivity contribution in [1.29, 1.82) is 0 Å². The van der Waals surface area contributed by atoms with Crippen LogP contribution in [0.5, 0.6) is 5.75 Å². The summed E-state index contributed by atoms with van der Waals surface area (Å²) in [5, 5.41) is 13.2. The summed E-state index contributed by atoms with van der Waals surface area (Å²) < 4.78 is 7.66. The van der Waals surface area contributed by atoms with Crippen molar-refractivity contribution in [3.8, 4) is 22.6 Å². The summed E-state index contributed by atoms with van der Waals surface area (Å²) in [6.07, 6.45) is 3.56. The fraction of sp³-hybridized carbons (Fsp3) is 0.133. The van der Waals surface area contributed by atoms with E-state index in [4.69, 9.17) is 9.72 Å². The highest BCUT2D eigenvalue weighted by atomic mass is 16.5. The predicted octanol–water partition coefficient (Wildman–Crippen LogP) is 4.68. The highest BCUT2D eigenvalue weighted by Gasteiger charge is 2.15. The molecule has 0 fully saturated rings. The lowest BCUT2D eigenvalue weighted by Crippen LogP contribution is -2.23. The molecule has 0 unspecified atom stereocenters.